The Bertz CT molecular complexity index is 331. The normalized spacial score (nSPS) is 11.2. The van der Waals surface area contributed by atoms with Crippen LogP contribution in [0.4, 0.5) is 0 Å². The molecule has 1 aromatic heterocycles. The van der Waals surface area contributed by atoms with Gasteiger partial charge in [0.1, 0.15) is 4.60 Å². The zero-order valence-electron chi connectivity index (χ0n) is 7.43. The van der Waals surface area contributed by atoms with Crippen molar-refractivity contribution in [2.75, 3.05) is 0 Å². The number of hydrogen-bond donors (Lipinski definition) is 0. The summed E-state index contributed by atoms with van der Waals surface area (Å²) in [6.07, 6.45) is 5.41. The Kier molecular flexibility index (Phi) is 2.29. The Morgan fingerprint density at radius 3 is 2.58 bits per heavy atom. The molecule has 1 rings (SSSR count). The van der Waals surface area contributed by atoms with Gasteiger partial charge >= 0.3 is 0 Å². The monoisotopic (exact) mass is 226 g/mol. The van der Waals surface area contributed by atoms with Gasteiger partial charge < -0.3 is 0 Å². The molecule has 1 aromatic rings. The molecular weight excluding hydrogens is 216 g/mol. The second-order valence-electron chi connectivity index (χ2n) is 3.25. The largest absolute Gasteiger partial charge is 0.270 e. The average Bonchev–Trinajstić information content (AvgIpc) is 2.31. The molecule has 0 radical (unpaired) electrons. The molecule has 0 atom stereocenters. The van der Waals surface area contributed by atoms with E-state index in [1.165, 1.54) is 0 Å². The summed E-state index contributed by atoms with van der Waals surface area (Å²) in [6, 6.07) is 1.94. The second kappa shape index (κ2) is 2.95. The Morgan fingerprint density at radius 1 is 1.67 bits per heavy atom. The Hall–Kier alpha value is -0.750. The van der Waals surface area contributed by atoms with Crippen molar-refractivity contribution in [3.8, 4) is 12.3 Å². The van der Waals surface area contributed by atoms with Crippen LogP contribution in [-0.2, 0) is 12.5 Å². The molecule has 2 nitrogen and oxygen atoms in total. The van der Waals surface area contributed by atoms with E-state index in [1.807, 2.05) is 27.0 Å². The lowest BCUT2D eigenvalue weighted by Crippen LogP contribution is -2.18. The fourth-order valence-electron chi connectivity index (χ4n) is 1.09. The number of nitrogens with zero attached hydrogens (tertiary/aromatic N) is 2. The van der Waals surface area contributed by atoms with Gasteiger partial charge in [0, 0.05) is 7.05 Å². The minimum absolute atomic E-state index is 0.256. The molecule has 0 aromatic carbocycles. The fourth-order valence-corrected chi connectivity index (χ4v) is 1.55. The van der Waals surface area contributed by atoms with Crippen molar-refractivity contribution >= 4 is 15.9 Å². The molecule has 0 amide bonds. The van der Waals surface area contributed by atoms with Gasteiger partial charge in [-0.25, -0.2) is 0 Å². The highest BCUT2D eigenvalue weighted by molar-refractivity contribution is 9.10. The van der Waals surface area contributed by atoms with E-state index in [4.69, 9.17) is 6.42 Å². The van der Waals surface area contributed by atoms with Crippen LogP contribution in [0.5, 0.6) is 0 Å². The van der Waals surface area contributed by atoms with Crippen molar-refractivity contribution in [2.45, 2.75) is 19.3 Å². The first kappa shape index (κ1) is 9.34. The van der Waals surface area contributed by atoms with E-state index in [0.29, 0.717) is 0 Å². The summed E-state index contributed by atoms with van der Waals surface area (Å²) in [5, 5.41) is 4.16. The predicted molar refractivity (Wildman–Crippen MR) is 52.8 cm³/mol. The highest BCUT2D eigenvalue weighted by Gasteiger charge is 2.21. The third-order valence-electron chi connectivity index (χ3n) is 1.85. The summed E-state index contributed by atoms with van der Waals surface area (Å²) in [6.45, 7) is 3.99. The molecule has 12 heavy (non-hydrogen) atoms. The Morgan fingerprint density at radius 2 is 2.25 bits per heavy atom. The van der Waals surface area contributed by atoms with E-state index < -0.39 is 0 Å². The van der Waals surface area contributed by atoms with Crippen molar-refractivity contribution in [3.63, 3.8) is 0 Å². The van der Waals surface area contributed by atoms with E-state index in [0.717, 1.165) is 10.3 Å². The lowest BCUT2D eigenvalue weighted by molar-refractivity contribution is 0.592. The number of aromatic nitrogens is 2. The molecule has 0 aliphatic carbocycles. The number of halogens is 1. The van der Waals surface area contributed by atoms with Crippen molar-refractivity contribution in [3.05, 3.63) is 16.4 Å². The van der Waals surface area contributed by atoms with E-state index in [2.05, 4.69) is 26.9 Å². The quantitative estimate of drug-likeness (QED) is 0.671. The summed E-state index contributed by atoms with van der Waals surface area (Å²) < 4.78 is 2.62. The van der Waals surface area contributed by atoms with E-state index in [-0.39, 0.29) is 5.41 Å². The summed E-state index contributed by atoms with van der Waals surface area (Å²) in [5.74, 6) is 2.73. The van der Waals surface area contributed by atoms with Crippen LogP contribution in [0.1, 0.15) is 19.5 Å². The molecule has 0 N–H and O–H groups in total. The molecule has 0 bridgehead atoms. The summed E-state index contributed by atoms with van der Waals surface area (Å²) in [5.41, 5.74) is 0.783. The second-order valence-corrected chi connectivity index (χ2v) is 4.06. The SMILES string of the molecule is C#CC(C)(C)c1cc(Br)nn1C. The molecule has 0 saturated carbocycles. The third-order valence-corrected chi connectivity index (χ3v) is 2.24. The van der Waals surface area contributed by atoms with E-state index >= 15 is 0 Å². The van der Waals surface area contributed by atoms with Crippen LogP contribution in [-0.4, -0.2) is 9.78 Å². The first-order chi connectivity index (χ1) is 5.47. The summed E-state index contributed by atoms with van der Waals surface area (Å²) >= 11 is 3.30. The minimum Gasteiger partial charge on any atom is -0.270 e. The van der Waals surface area contributed by atoms with Crippen LogP contribution in [0.3, 0.4) is 0 Å². The summed E-state index contributed by atoms with van der Waals surface area (Å²) in [4.78, 5) is 0. The molecule has 0 saturated heterocycles. The van der Waals surface area contributed by atoms with Gasteiger partial charge in [-0.15, -0.1) is 6.42 Å². The third kappa shape index (κ3) is 1.54. The zero-order chi connectivity index (χ0) is 9.35. The maximum atomic E-state index is 5.41. The molecule has 0 aliphatic rings. The van der Waals surface area contributed by atoms with Gasteiger partial charge in [-0.3, -0.25) is 4.68 Å². The standard InChI is InChI=1S/C9H11BrN2/c1-5-9(2,3)7-6-8(10)11-12(7)4/h1,6H,2-4H3. The molecule has 64 valence electrons. The highest BCUT2D eigenvalue weighted by Crippen LogP contribution is 2.23. The van der Waals surface area contributed by atoms with Gasteiger partial charge in [0.15, 0.2) is 0 Å². The molecular formula is C9H11BrN2. The molecule has 0 spiro atoms. The van der Waals surface area contributed by atoms with Crippen LogP contribution < -0.4 is 0 Å². The maximum Gasteiger partial charge on any atom is 0.128 e. The fraction of sp³-hybridized carbons (Fsp3) is 0.444. The van der Waals surface area contributed by atoms with Crippen molar-refractivity contribution in [1.82, 2.24) is 9.78 Å². The number of aryl methyl sites for hydroxylation is 1. The molecule has 0 aliphatic heterocycles. The van der Waals surface area contributed by atoms with E-state index in [9.17, 15) is 0 Å². The van der Waals surface area contributed by atoms with Crippen LogP contribution >= 0.6 is 15.9 Å². The molecule has 0 fully saturated rings. The van der Waals surface area contributed by atoms with Crippen LogP contribution in [0.2, 0.25) is 0 Å². The lowest BCUT2D eigenvalue weighted by Gasteiger charge is -2.16. The molecule has 0 unspecified atom stereocenters. The topological polar surface area (TPSA) is 17.8 Å². The lowest BCUT2D eigenvalue weighted by atomic mass is 9.91. The highest BCUT2D eigenvalue weighted by atomic mass is 79.9. The number of hydrogen-bond acceptors (Lipinski definition) is 1. The van der Waals surface area contributed by atoms with Gasteiger partial charge in [0.05, 0.1) is 11.1 Å². The number of terminal acetylenes is 1. The van der Waals surface area contributed by atoms with Gasteiger partial charge in [-0.2, -0.15) is 5.10 Å². The summed E-state index contributed by atoms with van der Waals surface area (Å²) in [7, 11) is 1.89. The van der Waals surface area contributed by atoms with Crippen LogP contribution in [0.15, 0.2) is 10.7 Å². The minimum atomic E-state index is -0.256. The van der Waals surface area contributed by atoms with Gasteiger partial charge in [-0.05, 0) is 35.8 Å². The molecule has 1 heterocycles. The number of rotatable bonds is 1. The first-order valence-electron chi connectivity index (χ1n) is 3.65. The maximum absolute atomic E-state index is 5.41. The van der Waals surface area contributed by atoms with Crippen molar-refractivity contribution in [1.29, 1.82) is 0 Å². The van der Waals surface area contributed by atoms with Gasteiger partial charge in [0.2, 0.25) is 0 Å². The molecule has 3 heteroatoms. The van der Waals surface area contributed by atoms with Crippen molar-refractivity contribution in [2.24, 2.45) is 7.05 Å². The van der Waals surface area contributed by atoms with Crippen molar-refractivity contribution < 1.29 is 0 Å². The van der Waals surface area contributed by atoms with Crippen LogP contribution in [0.25, 0.3) is 0 Å². The predicted octanol–water partition coefficient (Wildman–Crippen LogP) is 2.09. The smallest absolute Gasteiger partial charge is 0.128 e. The zero-order valence-corrected chi connectivity index (χ0v) is 9.01. The first-order valence-corrected chi connectivity index (χ1v) is 4.44. The van der Waals surface area contributed by atoms with E-state index in [1.54, 1.807) is 4.68 Å². The van der Waals surface area contributed by atoms with Gasteiger partial charge in [-0.1, -0.05) is 5.92 Å². The Labute approximate surface area is 81.1 Å². The average molecular weight is 227 g/mol. The van der Waals surface area contributed by atoms with Crippen LogP contribution in [0, 0.1) is 12.3 Å². The van der Waals surface area contributed by atoms with Gasteiger partial charge in [0.25, 0.3) is 0 Å². The Balaban J connectivity index is 3.21.